The first-order valence-corrected chi connectivity index (χ1v) is 12.4. The van der Waals surface area contributed by atoms with E-state index in [0.29, 0.717) is 17.8 Å². The smallest absolute Gasteiger partial charge is 0.306 e. The van der Waals surface area contributed by atoms with Crippen LogP contribution in [-0.2, 0) is 16.0 Å². The highest BCUT2D eigenvalue weighted by Crippen LogP contribution is 2.61. The zero-order valence-corrected chi connectivity index (χ0v) is 19.4. The van der Waals surface area contributed by atoms with E-state index >= 15 is 0 Å². The molecule has 3 heteroatoms. The van der Waals surface area contributed by atoms with Crippen LogP contribution in [0, 0.1) is 29.1 Å². The lowest BCUT2D eigenvalue weighted by Crippen LogP contribution is -2.46. The molecule has 0 spiro atoms. The van der Waals surface area contributed by atoms with Gasteiger partial charge in [0.15, 0.2) is 0 Å². The molecule has 4 aliphatic rings. The Labute approximate surface area is 183 Å². The maximum absolute atomic E-state index is 12.3. The van der Waals surface area contributed by atoms with E-state index in [1.165, 1.54) is 63.4 Å². The van der Waals surface area contributed by atoms with Crippen molar-refractivity contribution >= 4 is 5.97 Å². The normalized spacial score (nSPS) is 31.0. The van der Waals surface area contributed by atoms with E-state index in [4.69, 9.17) is 4.74 Å². The molecule has 3 nitrogen and oxygen atoms in total. The summed E-state index contributed by atoms with van der Waals surface area (Å²) in [5.41, 5.74) is 1.61. The van der Waals surface area contributed by atoms with Gasteiger partial charge in [-0.05, 0) is 138 Å². The van der Waals surface area contributed by atoms with Crippen LogP contribution in [0.1, 0.15) is 97.0 Å². The number of esters is 1. The molecule has 0 aliphatic heterocycles. The summed E-state index contributed by atoms with van der Waals surface area (Å²) >= 11 is 0. The average Bonchev–Trinajstić information content (AvgIpc) is 2.66. The molecular formula is C27H41NO2. The van der Waals surface area contributed by atoms with Gasteiger partial charge in [-0.25, -0.2) is 0 Å². The fourth-order valence-electron chi connectivity index (χ4n) is 7.17. The topological polar surface area (TPSA) is 39.2 Å². The highest BCUT2D eigenvalue weighted by Gasteiger charge is 2.50. The Morgan fingerprint density at radius 2 is 1.63 bits per heavy atom. The molecule has 4 bridgehead atoms. The highest BCUT2D eigenvalue weighted by atomic mass is 16.6. The van der Waals surface area contributed by atoms with Crippen molar-refractivity contribution in [2.24, 2.45) is 29.1 Å². The number of hydrogen-bond acceptors (Lipinski definition) is 3. The molecule has 0 amide bonds. The van der Waals surface area contributed by atoms with E-state index in [1.54, 1.807) is 0 Å². The second-order valence-corrected chi connectivity index (χ2v) is 11.8. The van der Waals surface area contributed by atoms with Crippen molar-refractivity contribution in [1.29, 1.82) is 0 Å². The molecule has 0 N–H and O–H groups in total. The zero-order chi connectivity index (χ0) is 21.2. The fraction of sp³-hybridized carbons (Fsp3) is 0.778. The first kappa shape index (κ1) is 21.8. The van der Waals surface area contributed by atoms with E-state index in [9.17, 15) is 4.79 Å². The van der Waals surface area contributed by atoms with Crippen LogP contribution in [0.5, 0.6) is 0 Å². The maximum atomic E-state index is 12.3. The van der Waals surface area contributed by atoms with Crippen LogP contribution in [-0.4, -0.2) is 16.6 Å². The van der Waals surface area contributed by atoms with Crippen LogP contribution >= 0.6 is 0 Å². The van der Waals surface area contributed by atoms with E-state index in [-0.39, 0.29) is 11.6 Å². The number of ether oxygens (including phenoxy) is 1. The largest absolute Gasteiger partial charge is 0.460 e. The summed E-state index contributed by atoms with van der Waals surface area (Å²) in [5.74, 6) is 3.64. The van der Waals surface area contributed by atoms with Crippen LogP contribution in [0.25, 0.3) is 0 Å². The molecule has 4 saturated carbocycles. The van der Waals surface area contributed by atoms with Gasteiger partial charge < -0.3 is 4.74 Å². The number of rotatable bonds is 9. The van der Waals surface area contributed by atoms with Crippen molar-refractivity contribution in [3.8, 4) is 0 Å². The summed E-state index contributed by atoms with van der Waals surface area (Å²) in [6, 6.07) is 4.26. The van der Waals surface area contributed by atoms with Gasteiger partial charge in [-0.15, -0.1) is 0 Å². The Morgan fingerprint density at radius 1 is 1.03 bits per heavy atom. The number of nitrogens with zero attached hydrogens (tertiary/aromatic N) is 1. The lowest BCUT2D eigenvalue weighted by molar-refractivity contribution is -0.155. The number of aryl methyl sites for hydroxylation is 1. The number of aromatic nitrogens is 1. The molecule has 4 aliphatic carbocycles. The molecule has 1 unspecified atom stereocenters. The van der Waals surface area contributed by atoms with Crippen molar-refractivity contribution in [3.05, 3.63) is 30.1 Å². The lowest BCUT2D eigenvalue weighted by atomic mass is 9.48. The Bertz CT molecular complexity index is 670. The van der Waals surface area contributed by atoms with Crippen molar-refractivity contribution in [1.82, 2.24) is 4.98 Å². The summed E-state index contributed by atoms with van der Waals surface area (Å²) in [6.07, 6.45) is 19.2. The van der Waals surface area contributed by atoms with E-state index in [0.717, 1.165) is 30.6 Å². The van der Waals surface area contributed by atoms with Crippen molar-refractivity contribution in [2.75, 3.05) is 0 Å². The molecular weight excluding hydrogens is 370 g/mol. The third-order valence-corrected chi connectivity index (χ3v) is 8.02. The maximum Gasteiger partial charge on any atom is 0.306 e. The minimum Gasteiger partial charge on any atom is -0.460 e. The standard InChI is InChI=1S/C27H41NO2/c1-26(2,3)30-25(29)7-6-20(4-5-21-9-12-28-13-10-21)8-11-27-17-22-14-23(18-27)16-24(15-22)19-27/h9-10,12-13,20,22-24H,4-8,11,14-19H2,1-3H3. The van der Waals surface area contributed by atoms with Crippen LogP contribution in [0.3, 0.4) is 0 Å². The van der Waals surface area contributed by atoms with Crippen LogP contribution in [0.2, 0.25) is 0 Å². The highest BCUT2D eigenvalue weighted by molar-refractivity contribution is 5.69. The SMILES string of the molecule is CC(C)(C)OC(=O)CCC(CCc1ccncc1)CCC12CC3CC(CC(C3)C1)C2. The number of carbonyl (C=O) groups is 1. The zero-order valence-electron chi connectivity index (χ0n) is 19.4. The van der Waals surface area contributed by atoms with Gasteiger partial charge in [0.1, 0.15) is 5.60 Å². The van der Waals surface area contributed by atoms with Gasteiger partial charge in [0.2, 0.25) is 0 Å². The first-order valence-electron chi connectivity index (χ1n) is 12.4. The summed E-state index contributed by atoms with van der Waals surface area (Å²) in [6.45, 7) is 5.87. The number of hydrogen-bond donors (Lipinski definition) is 0. The van der Waals surface area contributed by atoms with Gasteiger partial charge in [-0.2, -0.15) is 0 Å². The van der Waals surface area contributed by atoms with Gasteiger partial charge in [0.25, 0.3) is 0 Å². The summed E-state index contributed by atoms with van der Waals surface area (Å²) in [5, 5.41) is 0. The first-order chi connectivity index (χ1) is 14.3. The minimum atomic E-state index is -0.386. The van der Waals surface area contributed by atoms with Gasteiger partial charge >= 0.3 is 5.97 Å². The summed E-state index contributed by atoms with van der Waals surface area (Å²) in [7, 11) is 0. The molecule has 0 aromatic carbocycles. The molecule has 1 atom stereocenters. The van der Waals surface area contributed by atoms with Crippen molar-refractivity contribution in [2.45, 2.75) is 103 Å². The van der Waals surface area contributed by atoms with Crippen LogP contribution < -0.4 is 0 Å². The predicted molar refractivity (Wildman–Crippen MR) is 121 cm³/mol. The Kier molecular flexibility index (Phi) is 6.55. The Balaban J connectivity index is 1.33. The van der Waals surface area contributed by atoms with Gasteiger partial charge in [-0.1, -0.05) is 0 Å². The number of pyridine rings is 1. The molecule has 5 rings (SSSR count). The molecule has 4 fully saturated rings. The van der Waals surface area contributed by atoms with E-state index in [1.807, 2.05) is 33.2 Å². The average molecular weight is 412 g/mol. The van der Waals surface area contributed by atoms with Gasteiger partial charge in [0.05, 0.1) is 0 Å². The van der Waals surface area contributed by atoms with Crippen molar-refractivity contribution < 1.29 is 9.53 Å². The molecule has 1 aromatic rings. The third-order valence-electron chi connectivity index (χ3n) is 8.02. The van der Waals surface area contributed by atoms with E-state index in [2.05, 4.69) is 17.1 Å². The lowest BCUT2D eigenvalue weighted by Gasteiger charge is -2.57. The van der Waals surface area contributed by atoms with Gasteiger partial charge in [-0.3, -0.25) is 9.78 Å². The Morgan fingerprint density at radius 3 is 2.20 bits per heavy atom. The second-order valence-electron chi connectivity index (χ2n) is 11.8. The Hall–Kier alpha value is -1.38. The summed E-state index contributed by atoms with van der Waals surface area (Å²) < 4.78 is 5.58. The fourth-order valence-corrected chi connectivity index (χ4v) is 7.17. The molecule has 0 radical (unpaired) electrons. The van der Waals surface area contributed by atoms with Gasteiger partial charge in [0, 0.05) is 18.8 Å². The quantitative estimate of drug-likeness (QED) is 0.422. The monoisotopic (exact) mass is 411 g/mol. The van der Waals surface area contributed by atoms with Crippen molar-refractivity contribution in [3.63, 3.8) is 0 Å². The van der Waals surface area contributed by atoms with E-state index < -0.39 is 0 Å². The number of carbonyl (C=O) groups excluding carboxylic acids is 1. The third kappa shape index (κ3) is 5.86. The second kappa shape index (κ2) is 9.01. The molecule has 166 valence electrons. The predicted octanol–water partition coefficient (Wildman–Crippen LogP) is 6.75. The minimum absolute atomic E-state index is 0.0359. The summed E-state index contributed by atoms with van der Waals surface area (Å²) in [4.78, 5) is 16.5. The molecule has 0 saturated heterocycles. The van der Waals surface area contributed by atoms with Crippen LogP contribution in [0.4, 0.5) is 0 Å². The molecule has 30 heavy (non-hydrogen) atoms. The van der Waals surface area contributed by atoms with Crippen LogP contribution in [0.15, 0.2) is 24.5 Å². The molecule has 1 heterocycles. The molecule has 1 aromatic heterocycles.